The number of aliphatic hydroxyl groups excluding tert-OH is 1. The second-order valence-corrected chi connectivity index (χ2v) is 3.19. The Morgan fingerprint density at radius 1 is 1.56 bits per heavy atom. The molecular formula is C7H13NO. The van der Waals surface area contributed by atoms with E-state index in [0.29, 0.717) is 12.6 Å². The third-order valence-electron chi connectivity index (χ3n) is 2.61. The molecule has 9 heavy (non-hydrogen) atoms. The first-order valence-corrected chi connectivity index (χ1v) is 3.76. The van der Waals surface area contributed by atoms with Crippen LogP contribution in [0.5, 0.6) is 0 Å². The highest BCUT2D eigenvalue weighted by atomic mass is 16.3. The molecule has 2 aliphatic rings. The van der Waals surface area contributed by atoms with Crippen molar-refractivity contribution in [3.63, 3.8) is 0 Å². The molecule has 0 bridgehead atoms. The normalized spacial score (nSPS) is 48.3. The van der Waals surface area contributed by atoms with Gasteiger partial charge in [0.05, 0.1) is 6.61 Å². The lowest BCUT2D eigenvalue weighted by Gasteiger charge is -2.20. The fourth-order valence-corrected chi connectivity index (χ4v) is 1.90. The summed E-state index contributed by atoms with van der Waals surface area (Å²) in [6.45, 7) is 1.45. The second kappa shape index (κ2) is 1.96. The quantitative estimate of drug-likeness (QED) is 0.518. The van der Waals surface area contributed by atoms with Gasteiger partial charge >= 0.3 is 0 Å². The molecule has 0 aromatic carbocycles. The molecule has 1 aliphatic heterocycles. The lowest BCUT2D eigenvalue weighted by atomic mass is 10.1. The van der Waals surface area contributed by atoms with Gasteiger partial charge in [-0.15, -0.1) is 0 Å². The average molecular weight is 127 g/mol. The van der Waals surface area contributed by atoms with E-state index >= 15 is 0 Å². The molecule has 1 heterocycles. The fraction of sp³-hybridized carbons (Fsp3) is 1.00. The minimum absolute atomic E-state index is 0.334. The number of piperidine rings is 1. The van der Waals surface area contributed by atoms with E-state index in [2.05, 4.69) is 5.32 Å². The summed E-state index contributed by atoms with van der Waals surface area (Å²) in [4.78, 5) is 0. The number of hydrogen-bond acceptors (Lipinski definition) is 2. The van der Waals surface area contributed by atoms with Gasteiger partial charge in [-0.3, -0.25) is 0 Å². The summed E-state index contributed by atoms with van der Waals surface area (Å²) in [7, 11) is 0. The summed E-state index contributed by atoms with van der Waals surface area (Å²) < 4.78 is 0. The summed E-state index contributed by atoms with van der Waals surface area (Å²) in [6.07, 6.45) is 2.69. The van der Waals surface area contributed by atoms with Crippen molar-refractivity contribution in [2.45, 2.75) is 18.9 Å². The monoisotopic (exact) mass is 127 g/mol. The van der Waals surface area contributed by atoms with Gasteiger partial charge < -0.3 is 10.4 Å². The van der Waals surface area contributed by atoms with Gasteiger partial charge in [-0.2, -0.15) is 0 Å². The van der Waals surface area contributed by atoms with Crippen molar-refractivity contribution in [3.8, 4) is 0 Å². The first kappa shape index (κ1) is 5.69. The molecule has 3 atom stereocenters. The highest BCUT2D eigenvalue weighted by molar-refractivity contribution is 4.98. The van der Waals surface area contributed by atoms with Gasteiger partial charge in [0.25, 0.3) is 0 Å². The molecule has 0 aromatic heterocycles. The molecule has 2 rings (SSSR count). The third kappa shape index (κ3) is 0.864. The molecule has 52 valence electrons. The lowest BCUT2D eigenvalue weighted by Crippen LogP contribution is -2.38. The molecule has 1 aliphatic carbocycles. The summed E-state index contributed by atoms with van der Waals surface area (Å²) in [5, 5.41) is 12.1. The van der Waals surface area contributed by atoms with Crippen LogP contribution in [-0.2, 0) is 0 Å². The van der Waals surface area contributed by atoms with Crippen LogP contribution < -0.4 is 5.32 Å². The number of rotatable bonds is 1. The van der Waals surface area contributed by atoms with Crippen LogP contribution in [0.2, 0.25) is 0 Å². The Labute approximate surface area is 55.3 Å². The standard InChI is InChI=1S/C7H13NO/c9-4-7-6-3-5(6)1-2-8-7/h5-9H,1-4H2. The van der Waals surface area contributed by atoms with Gasteiger partial charge in [0, 0.05) is 6.04 Å². The number of nitrogens with one attached hydrogen (secondary N) is 1. The predicted molar refractivity (Wildman–Crippen MR) is 35.1 cm³/mol. The molecule has 2 N–H and O–H groups in total. The second-order valence-electron chi connectivity index (χ2n) is 3.19. The topological polar surface area (TPSA) is 32.3 Å². The molecule has 1 saturated carbocycles. The average Bonchev–Trinajstić information content (AvgIpc) is 2.64. The Morgan fingerprint density at radius 3 is 3.11 bits per heavy atom. The highest BCUT2D eigenvalue weighted by Crippen LogP contribution is 2.45. The predicted octanol–water partition coefficient (Wildman–Crippen LogP) is -0.0233. The van der Waals surface area contributed by atoms with Crippen molar-refractivity contribution in [2.75, 3.05) is 13.2 Å². The van der Waals surface area contributed by atoms with Gasteiger partial charge in [-0.05, 0) is 31.2 Å². The zero-order valence-electron chi connectivity index (χ0n) is 5.51. The summed E-state index contributed by atoms with van der Waals surface area (Å²) in [5.41, 5.74) is 0. The van der Waals surface area contributed by atoms with Gasteiger partial charge in [0.15, 0.2) is 0 Å². The van der Waals surface area contributed by atoms with Crippen molar-refractivity contribution >= 4 is 0 Å². The van der Waals surface area contributed by atoms with E-state index in [9.17, 15) is 0 Å². The molecule has 0 spiro atoms. The van der Waals surface area contributed by atoms with Crippen molar-refractivity contribution in [3.05, 3.63) is 0 Å². The van der Waals surface area contributed by atoms with E-state index in [1.165, 1.54) is 12.8 Å². The van der Waals surface area contributed by atoms with Crippen molar-refractivity contribution in [1.29, 1.82) is 0 Å². The molecule has 0 aromatic rings. The molecule has 0 amide bonds. The molecule has 0 radical (unpaired) electrons. The zero-order chi connectivity index (χ0) is 6.27. The SMILES string of the molecule is OCC1NCCC2CC21. The molecule has 1 saturated heterocycles. The van der Waals surface area contributed by atoms with Gasteiger partial charge in [0.2, 0.25) is 0 Å². The number of fused-ring (bicyclic) bond motifs is 1. The van der Waals surface area contributed by atoms with Crippen LogP contribution in [0.4, 0.5) is 0 Å². The van der Waals surface area contributed by atoms with Crippen LogP contribution in [0.15, 0.2) is 0 Å². The number of hydrogen-bond donors (Lipinski definition) is 2. The number of aliphatic hydroxyl groups is 1. The minimum Gasteiger partial charge on any atom is -0.395 e. The lowest BCUT2D eigenvalue weighted by molar-refractivity contribution is 0.211. The third-order valence-corrected chi connectivity index (χ3v) is 2.61. The molecule has 2 fully saturated rings. The Balaban J connectivity index is 1.93. The van der Waals surface area contributed by atoms with Crippen LogP contribution >= 0.6 is 0 Å². The van der Waals surface area contributed by atoms with E-state index < -0.39 is 0 Å². The van der Waals surface area contributed by atoms with Crippen LogP contribution in [0.1, 0.15) is 12.8 Å². The maximum atomic E-state index is 8.83. The van der Waals surface area contributed by atoms with Crippen molar-refractivity contribution in [2.24, 2.45) is 11.8 Å². The highest BCUT2D eigenvalue weighted by Gasteiger charge is 2.44. The fourth-order valence-electron chi connectivity index (χ4n) is 1.90. The maximum absolute atomic E-state index is 8.83. The molecule has 3 unspecified atom stereocenters. The van der Waals surface area contributed by atoms with E-state index in [0.717, 1.165) is 18.4 Å². The van der Waals surface area contributed by atoms with E-state index in [4.69, 9.17) is 5.11 Å². The van der Waals surface area contributed by atoms with Crippen molar-refractivity contribution in [1.82, 2.24) is 5.32 Å². The first-order chi connectivity index (χ1) is 4.42. The van der Waals surface area contributed by atoms with Crippen LogP contribution in [-0.4, -0.2) is 24.3 Å². The van der Waals surface area contributed by atoms with Crippen LogP contribution in [0.3, 0.4) is 0 Å². The van der Waals surface area contributed by atoms with Crippen LogP contribution in [0, 0.1) is 11.8 Å². The van der Waals surface area contributed by atoms with E-state index in [-0.39, 0.29) is 0 Å². The Hall–Kier alpha value is -0.0800. The largest absolute Gasteiger partial charge is 0.395 e. The summed E-state index contributed by atoms with van der Waals surface area (Å²) >= 11 is 0. The summed E-state index contributed by atoms with van der Waals surface area (Å²) in [6, 6.07) is 0.434. The Morgan fingerprint density at radius 2 is 2.44 bits per heavy atom. The van der Waals surface area contributed by atoms with Gasteiger partial charge in [0.1, 0.15) is 0 Å². The molecule has 2 nitrogen and oxygen atoms in total. The van der Waals surface area contributed by atoms with Crippen molar-refractivity contribution < 1.29 is 5.11 Å². The maximum Gasteiger partial charge on any atom is 0.0587 e. The Bertz CT molecular complexity index is 115. The Kier molecular flexibility index (Phi) is 1.24. The van der Waals surface area contributed by atoms with Crippen LogP contribution in [0.25, 0.3) is 0 Å². The zero-order valence-corrected chi connectivity index (χ0v) is 5.51. The molecule has 2 heteroatoms. The van der Waals surface area contributed by atoms with Gasteiger partial charge in [-0.25, -0.2) is 0 Å². The van der Waals surface area contributed by atoms with E-state index in [1.807, 2.05) is 0 Å². The first-order valence-electron chi connectivity index (χ1n) is 3.76. The molecular weight excluding hydrogens is 114 g/mol. The van der Waals surface area contributed by atoms with E-state index in [1.54, 1.807) is 0 Å². The minimum atomic E-state index is 0.334. The summed E-state index contributed by atoms with van der Waals surface area (Å²) in [5.74, 6) is 1.78. The smallest absolute Gasteiger partial charge is 0.0587 e. The van der Waals surface area contributed by atoms with Gasteiger partial charge in [-0.1, -0.05) is 0 Å².